The van der Waals surface area contributed by atoms with E-state index >= 15 is 0 Å². The molecular formula is C23H21N3O3. The van der Waals surface area contributed by atoms with Crippen LogP contribution in [0, 0.1) is 0 Å². The molecule has 3 aromatic rings. The number of aromatic nitrogens is 2. The second-order valence-electron chi connectivity index (χ2n) is 6.72. The molecule has 6 nitrogen and oxygen atoms in total. The number of ketones is 1. The molecule has 1 aromatic carbocycles. The van der Waals surface area contributed by atoms with E-state index in [-0.39, 0.29) is 18.3 Å². The molecule has 0 bridgehead atoms. The Morgan fingerprint density at radius 1 is 1.10 bits per heavy atom. The van der Waals surface area contributed by atoms with Gasteiger partial charge in [-0.25, -0.2) is 9.31 Å². The Balaban J connectivity index is 1.88. The van der Waals surface area contributed by atoms with Gasteiger partial charge in [-0.05, 0) is 26.0 Å². The molecule has 6 heteroatoms. The van der Waals surface area contributed by atoms with Gasteiger partial charge in [-0.15, -0.1) is 0 Å². The highest BCUT2D eigenvalue weighted by molar-refractivity contribution is 5.97. The van der Waals surface area contributed by atoms with Crippen molar-refractivity contribution in [1.29, 1.82) is 0 Å². The van der Waals surface area contributed by atoms with E-state index in [1.807, 2.05) is 65.3 Å². The Bertz CT molecular complexity index is 1130. The highest BCUT2D eigenvalue weighted by Crippen LogP contribution is 2.39. The van der Waals surface area contributed by atoms with Gasteiger partial charge in [-0.2, -0.15) is 5.10 Å². The Morgan fingerprint density at radius 3 is 2.59 bits per heavy atom. The maximum atomic E-state index is 12.5. The molecular weight excluding hydrogens is 366 g/mol. The van der Waals surface area contributed by atoms with Crippen LogP contribution < -0.4 is 0 Å². The first-order valence-electron chi connectivity index (χ1n) is 9.49. The highest BCUT2D eigenvalue weighted by Gasteiger charge is 2.30. The van der Waals surface area contributed by atoms with Crippen molar-refractivity contribution in [2.45, 2.75) is 19.8 Å². The van der Waals surface area contributed by atoms with Crippen LogP contribution in [0.1, 0.15) is 25.3 Å². The number of carbonyl (C=O) groups is 2. The van der Waals surface area contributed by atoms with Crippen molar-refractivity contribution < 1.29 is 14.3 Å². The van der Waals surface area contributed by atoms with Crippen molar-refractivity contribution in [3.63, 3.8) is 0 Å². The number of hydrogen-bond donors (Lipinski definition) is 0. The average Bonchev–Trinajstić information content (AvgIpc) is 3.13. The predicted octanol–water partition coefficient (Wildman–Crippen LogP) is 4.54. The molecule has 0 N–H and O–H groups in total. The van der Waals surface area contributed by atoms with E-state index < -0.39 is 6.09 Å². The predicted molar refractivity (Wildman–Crippen MR) is 110 cm³/mol. The second kappa shape index (κ2) is 7.75. The van der Waals surface area contributed by atoms with Gasteiger partial charge in [0.1, 0.15) is 0 Å². The van der Waals surface area contributed by atoms with E-state index in [4.69, 9.17) is 9.84 Å². The van der Waals surface area contributed by atoms with E-state index in [2.05, 4.69) is 0 Å². The van der Waals surface area contributed by atoms with E-state index in [0.29, 0.717) is 5.57 Å². The van der Waals surface area contributed by atoms with Gasteiger partial charge in [0.05, 0.1) is 17.8 Å². The summed E-state index contributed by atoms with van der Waals surface area (Å²) < 4.78 is 6.88. The topological polar surface area (TPSA) is 63.9 Å². The van der Waals surface area contributed by atoms with Crippen molar-refractivity contribution in [2.75, 3.05) is 6.61 Å². The van der Waals surface area contributed by atoms with Crippen LogP contribution in [0.4, 0.5) is 4.79 Å². The number of carbonyl (C=O) groups excluding carboxylic acids is 2. The fourth-order valence-corrected chi connectivity index (χ4v) is 3.56. The summed E-state index contributed by atoms with van der Waals surface area (Å²) in [4.78, 5) is 26.0. The van der Waals surface area contributed by atoms with Gasteiger partial charge in [-0.1, -0.05) is 42.5 Å². The number of Topliss-reactive ketones (excluding diaryl/α,β-unsaturated/α-hetero) is 1. The summed E-state index contributed by atoms with van der Waals surface area (Å²) in [5.41, 5.74) is 4.13. The zero-order valence-electron chi connectivity index (χ0n) is 16.3. The standard InChI is InChI=1S/C23H21N3O3/c1-3-29-23(28)25-14-12-18(19(15-25)16(2)27)21-20-11-7-8-13-26(20)24-22(21)17-9-5-4-6-10-17/h4-15,18H,3H2,1-2H3. The zero-order valence-corrected chi connectivity index (χ0v) is 16.3. The third-order valence-corrected chi connectivity index (χ3v) is 4.87. The molecule has 1 aliphatic rings. The van der Waals surface area contributed by atoms with Crippen LogP contribution in [0.15, 0.2) is 78.8 Å². The molecule has 1 aliphatic heterocycles. The van der Waals surface area contributed by atoms with Crippen molar-refractivity contribution >= 4 is 17.4 Å². The molecule has 0 saturated heterocycles. The van der Waals surface area contributed by atoms with E-state index in [9.17, 15) is 9.59 Å². The van der Waals surface area contributed by atoms with Crippen molar-refractivity contribution in [1.82, 2.24) is 14.5 Å². The molecule has 146 valence electrons. The SMILES string of the molecule is CCOC(=O)N1C=CC(c2c(-c3ccccc3)nn3ccccc23)C(C(C)=O)=C1. The number of amides is 1. The lowest BCUT2D eigenvalue weighted by atomic mass is 9.85. The van der Waals surface area contributed by atoms with Crippen LogP contribution in [-0.4, -0.2) is 33.0 Å². The number of allylic oxidation sites excluding steroid dienone is 2. The molecule has 0 radical (unpaired) electrons. The van der Waals surface area contributed by atoms with Crippen LogP contribution in [-0.2, 0) is 9.53 Å². The fraction of sp³-hybridized carbons (Fsp3) is 0.174. The summed E-state index contributed by atoms with van der Waals surface area (Å²) in [5, 5.41) is 4.77. The van der Waals surface area contributed by atoms with Gasteiger partial charge in [0.2, 0.25) is 0 Å². The molecule has 0 aliphatic carbocycles. The van der Waals surface area contributed by atoms with Gasteiger partial charge in [-0.3, -0.25) is 9.69 Å². The minimum absolute atomic E-state index is 0.108. The minimum Gasteiger partial charge on any atom is -0.449 e. The Labute approximate surface area is 168 Å². The molecule has 1 atom stereocenters. The molecule has 3 heterocycles. The molecule has 1 amide bonds. The first-order chi connectivity index (χ1) is 14.1. The molecule has 1 unspecified atom stereocenters. The van der Waals surface area contributed by atoms with Gasteiger partial charge in [0.15, 0.2) is 5.78 Å². The lowest BCUT2D eigenvalue weighted by Gasteiger charge is -2.24. The highest BCUT2D eigenvalue weighted by atomic mass is 16.6. The fourth-order valence-electron chi connectivity index (χ4n) is 3.56. The first kappa shape index (κ1) is 18.7. The largest absolute Gasteiger partial charge is 0.449 e. The lowest BCUT2D eigenvalue weighted by molar-refractivity contribution is -0.113. The summed E-state index contributed by atoms with van der Waals surface area (Å²) in [5.74, 6) is -0.434. The molecule has 0 spiro atoms. The summed E-state index contributed by atoms with van der Waals surface area (Å²) in [6.07, 6.45) is 6.44. The molecule has 2 aromatic heterocycles. The van der Waals surface area contributed by atoms with Crippen LogP contribution in [0.5, 0.6) is 0 Å². The smallest absolute Gasteiger partial charge is 0.417 e. The number of benzene rings is 1. The van der Waals surface area contributed by atoms with Crippen molar-refractivity contribution in [2.24, 2.45) is 0 Å². The molecule has 29 heavy (non-hydrogen) atoms. The zero-order chi connectivity index (χ0) is 20.4. The van der Waals surface area contributed by atoms with Crippen LogP contribution in [0.3, 0.4) is 0 Å². The lowest BCUT2D eigenvalue weighted by Crippen LogP contribution is -2.26. The van der Waals surface area contributed by atoms with Gasteiger partial charge in [0, 0.05) is 41.2 Å². The summed E-state index contributed by atoms with van der Waals surface area (Å²) in [7, 11) is 0. The Kier molecular flexibility index (Phi) is 4.99. The van der Waals surface area contributed by atoms with Crippen LogP contribution >= 0.6 is 0 Å². The number of nitrogens with zero attached hydrogens (tertiary/aromatic N) is 3. The van der Waals surface area contributed by atoms with Crippen LogP contribution in [0.25, 0.3) is 16.8 Å². The van der Waals surface area contributed by atoms with Gasteiger partial charge >= 0.3 is 6.09 Å². The van der Waals surface area contributed by atoms with Crippen molar-refractivity contribution in [3.05, 3.63) is 84.3 Å². The molecule has 0 fully saturated rings. The van der Waals surface area contributed by atoms with E-state index in [0.717, 1.165) is 22.3 Å². The third kappa shape index (κ3) is 3.45. The van der Waals surface area contributed by atoms with E-state index in [1.54, 1.807) is 19.3 Å². The van der Waals surface area contributed by atoms with Crippen molar-refractivity contribution in [3.8, 4) is 11.3 Å². The second-order valence-corrected chi connectivity index (χ2v) is 6.72. The summed E-state index contributed by atoms with van der Waals surface area (Å²) in [6.45, 7) is 3.52. The van der Waals surface area contributed by atoms with Crippen LogP contribution in [0.2, 0.25) is 0 Å². The maximum absolute atomic E-state index is 12.5. The normalized spacial score (nSPS) is 16.0. The Hall–Kier alpha value is -3.67. The van der Waals surface area contributed by atoms with Gasteiger partial charge < -0.3 is 4.74 Å². The summed E-state index contributed by atoms with van der Waals surface area (Å²) >= 11 is 0. The van der Waals surface area contributed by atoms with Gasteiger partial charge in [0.25, 0.3) is 0 Å². The quantitative estimate of drug-likeness (QED) is 0.659. The Morgan fingerprint density at radius 2 is 1.86 bits per heavy atom. The number of rotatable bonds is 4. The number of ether oxygens (including phenoxy) is 1. The maximum Gasteiger partial charge on any atom is 0.417 e. The van der Waals surface area contributed by atoms with E-state index in [1.165, 1.54) is 11.8 Å². The summed E-state index contributed by atoms with van der Waals surface area (Å²) in [6, 6.07) is 15.7. The minimum atomic E-state index is -0.510. The average molecular weight is 387 g/mol. The first-order valence-corrected chi connectivity index (χ1v) is 9.49. The number of fused-ring (bicyclic) bond motifs is 1. The molecule has 4 rings (SSSR count). The monoisotopic (exact) mass is 387 g/mol. The number of pyridine rings is 1. The third-order valence-electron chi connectivity index (χ3n) is 4.87. The molecule has 0 saturated carbocycles. The number of hydrogen-bond acceptors (Lipinski definition) is 4.